The number of imidazole rings is 1. The van der Waals surface area contributed by atoms with Crippen molar-refractivity contribution in [2.45, 2.75) is 26.4 Å². The Morgan fingerprint density at radius 2 is 1.69 bits per heavy atom. The summed E-state index contributed by atoms with van der Waals surface area (Å²) in [5.74, 6) is 0.178. The number of fused-ring (bicyclic) bond motifs is 1. The van der Waals surface area contributed by atoms with Crippen molar-refractivity contribution in [3.8, 4) is 0 Å². The number of nitrogens with zero attached hydrogens (tertiary/aromatic N) is 2. The van der Waals surface area contributed by atoms with E-state index >= 15 is 0 Å². The molecule has 0 bridgehead atoms. The summed E-state index contributed by atoms with van der Waals surface area (Å²) in [4.78, 5) is 30.4. The third kappa shape index (κ3) is 4.50. The van der Waals surface area contributed by atoms with Gasteiger partial charge in [-0.1, -0.05) is 54.1 Å². The molecule has 0 spiro atoms. The average Bonchev–Trinajstić information content (AvgIpc) is 3.14. The number of halogens is 1. The minimum Gasteiger partial charge on any atom is -0.342 e. The molecule has 1 aromatic heterocycles. The summed E-state index contributed by atoms with van der Waals surface area (Å²) < 4.78 is 1.82. The van der Waals surface area contributed by atoms with Gasteiger partial charge in [0.15, 0.2) is 0 Å². The van der Waals surface area contributed by atoms with Gasteiger partial charge in [-0.05, 0) is 49.7 Å². The fraction of sp³-hybridized carbons (Fsp3) is 0.160. The van der Waals surface area contributed by atoms with E-state index in [4.69, 9.17) is 16.6 Å². The second-order valence-corrected chi connectivity index (χ2v) is 7.99. The van der Waals surface area contributed by atoms with Crippen molar-refractivity contribution in [1.82, 2.24) is 14.9 Å². The standard InChI is InChI=1S/C25H23ClN4O2/c1-16-9-3-4-10-18(16)25(32)27-17(2)24-29-21-13-7-8-14-22(21)30(24)15-23(31)28-20-12-6-5-11-19(20)26/h3-14,17H,15H2,1-2H3,(H,27,32)(H,28,31). The van der Waals surface area contributed by atoms with Gasteiger partial charge in [-0.15, -0.1) is 0 Å². The van der Waals surface area contributed by atoms with Gasteiger partial charge >= 0.3 is 0 Å². The highest BCUT2D eigenvalue weighted by atomic mass is 35.5. The van der Waals surface area contributed by atoms with E-state index in [2.05, 4.69) is 10.6 Å². The third-order valence-electron chi connectivity index (χ3n) is 5.26. The Balaban J connectivity index is 1.61. The van der Waals surface area contributed by atoms with Crippen LogP contribution >= 0.6 is 11.6 Å². The molecule has 1 heterocycles. The first-order chi connectivity index (χ1) is 15.4. The molecule has 0 fully saturated rings. The van der Waals surface area contributed by atoms with Crippen LogP contribution in [0.5, 0.6) is 0 Å². The van der Waals surface area contributed by atoms with E-state index < -0.39 is 6.04 Å². The van der Waals surface area contributed by atoms with Crippen molar-refractivity contribution in [3.05, 3.63) is 94.8 Å². The van der Waals surface area contributed by atoms with Crippen LogP contribution < -0.4 is 10.6 Å². The highest BCUT2D eigenvalue weighted by Crippen LogP contribution is 2.23. The number of carbonyl (C=O) groups is 2. The molecule has 7 heteroatoms. The first kappa shape index (κ1) is 21.6. The lowest BCUT2D eigenvalue weighted by molar-refractivity contribution is -0.116. The predicted molar refractivity (Wildman–Crippen MR) is 127 cm³/mol. The van der Waals surface area contributed by atoms with Gasteiger partial charge in [0.05, 0.1) is 27.8 Å². The Bertz CT molecular complexity index is 1300. The molecule has 0 aliphatic carbocycles. The van der Waals surface area contributed by atoms with Gasteiger partial charge in [-0.2, -0.15) is 0 Å². The minimum absolute atomic E-state index is 0.0334. The molecule has 0 saturated carbocycles. The predicted octanol–water partition coefficient (Wildman–Crippen LogP) is 5.13. The van der Waals surface area contributed by atoms with Crippen LogP contribution in [-0.4, -0.2) is 21.4 Å². The molecule has 4 aromatic rings. The molecule has 4 rings (SSSR count). The number of benzene rings is 3. The van der Waals surface area contributed by atoms with Crippen LogP contribution in [0.15, 0.2) is 72.8 Å². The summed E-state index contributed by atoms with van der Waals surface area (Å²) in [6, 6.07) is 21.7. The van der Waals surface area contributed by atoms with Gasteiger partial charge in [0, 0.05) is 5.56 Å². The van der Waals surface area contributed by atoms with Crippen LogP contribution in [0.4, 0.5) is 5.69 Å². The van der Waals surface area contributed by atoms with Crippen LogP contribution in [0, 0.1) is 6.92 Å². The Morgan fingerprint density at radius 1 is 1.00 bits per heavy atom. The van der Waals surface area contributed by atoms with Gasteiger partial charge in [0.25, 0.3) is 5.91 Å². The van der Waals surface area contributed by atoms with Crippen LogP contribution in [0.1, 0.15) is 34.7 Å². The first-order valence-corrected chi connectivity index (χ1v) is 10.7. The lowest BCUT2D eigenvalue weighted by Crippen LogP contribution is -2.30. The van der Waals surface area contributed by atoms with Crippen molar-refractivity contribution in [3.63, 3.8) is 0 Å². The zero-order valence-corrected chi connectivity index (χ0v) is 18.6. The van der Waals surface area contributed by atoms with Crippen LogP contribution in [-0.2, 0) is 11.3 Å². The quantitative estimate of drug-likeness (QED) is 0.431. The SMILES string of the molecule is Cc1ccccc1C(=O)NC(C)c1nc2ccccc2n1CC(=O)Nc1ccccc1Cl. The van der Waals surface area contributed by atoms with E-state index in [9.17, 15) is 9.59 Å². The smallest absolute Gasteiger partial charge is 0.252 e. The Hall–Kier alpha value is -3.64. The minimum atomic E-state index is -0.414. The highest BCUT2D eigenvalue weighted by Gasteiger charge is 2.21. The van der Waals surface area contributed by atoms with E-state index in [-0.39, 0.29) is 18.4 Å². The normalized spacial score (nSPS) is 11.8. The van der Waals surface area contributed by atoms with Crippen LogP contribution in [0.25, 0.3) is 11.0 Å². The number of hydrogen-bond donors (Lipinski definition) is 2. The molecule has 2 N–H and O–H groups in total. The average molecular weight is 447 g/mol. The fourth-order valence-electron chi connectivity index (χ4n) is 3.65. The molecule has 1 atom stereocenters. The molecule has 6 nitrogen and oxygen atoms in total. The second kappa shape index (κ2) is 9.24. The van der Waals surface area contributed by atoms with Gasteiger partial charge in [0.1, 0.15) is 12.4 Å². The molecule has 0 aliphatic heterocycles. The molecule has 2 amide bonds. The molecular formula is C25H23ClN4O2. The Morgan fingerprint density at radius 3 is 2.47 bits per heavy atom. The third-order valence-corrected chi connectivity index (χ3v) is 5.59. The number of rotatable bonds is 6. The molecule has 0 saturated heterocycles. The number of nitrogens with one attached hydrogen (secondary N) is 2. The van der Waals surface area contributed by atoms with Gasteiger partial charge in [-0.3, -0.25) is 9.59 Å². The fourth-order valence-corrected chi connectivity index (χ4v) is 3.84. The van der Waals surface area contributed by atoms with Crippen molar-refractivity contribution in [2.24, 2.45) is 0 Å². The van der Waals surface area contributed by atoms with E-state index in [0.29, 0.717) is 22.1 Å². The maximum absolute atomic E-state index is 12.8. The molecular weight excluding hydrogens is 424 g/mol. The number of aromatic nitrogens is 2. The summed E-state index contributed by atoms with van der Waals surface area (Å²) in [5, 5.41) is 6.33. The zero-order valence-electron chi connectivity index (χ0n) is 17.8. The number of anilines is 1. The van der Waals surface area contributed by atoms with Gasteiger partial charge < -0.3 is 15.2 Å². The van der Waals surface area contributed by atoms with Crippen molar-refractivity contribution < 1.29 is 9.59 Å². The van der Waals surface area contributed by atoms with Crippen molar-refractivity contribution >= 4 is 40.1 Å². The summed E-state index contributed by atoms with van der Waals surface area (Å²) in [5.41, 5.74) is 3.62. The lowest BCUT2D eigenvalue weighted by Gasteiger charge is -2.17. The highest BCUT2D eigenvalue weighted by molar-refractivity contribution is 6.33. The van der Waals surface area contributed by atoms with E-state index in [1.807, 2.05) is 66.9 Å². The summed E-state index contributed by atoms with van der Waals surface area (Å²) in [6.07, 6.45) is 0. The Labute approximate surface area is 191 Å². The zero-order chi connectivity index (χ0) is 22.7. The first-order valence-electron chi connectivity index (χ1n) is 10.3. The molecule has 3 aromatic carbocycles. The molecule has 162 valence electrons. The van der Waals surface area contributed by atoms with Crippen molar-refractivity contribution in [1.29, 1.82) is 0 Å². The van der Waals surface area contributed by atoms with Crippen LogP contribution in [0.3, 0.4) is 0 Å². The van der Waals surface area contributed by atoms with Crippen molar-refractivity contribution in [2.75, 3.05) is 5.32 Å². The number of para-hydroxylation sites is 3. The molecule has 0 aliphatic rings. The van der Waals surface area contributed by atoms with E-state index in [1.54, 1.807) is 24.3 Å². The number of carbonyl (C=O) groups excluding carboxylic acids is 2. The summed E-state index contributed by atoms with van der Waals surface area (Å²) in [6.45, 7) is 3.79. The molecule has 0 radical (unpaired) electrons. The maximum Gasteiger partial charge on any atom is 0.252 e. The topological polar surface area (TPSA) is 76.0 Å². The number of amides is 2. The molecule has 32 heavy (non-hydrogen) atoms. The summed E-state index contributed by atoms with van der Waals surface area (Å²) in [7, 11) is 0. The maximum atomic E-state index is 12.8. The monoisotopic (exact) mass is 446 g/mol. The number of hydrogen-bond acceptors (Lipinski definition) is 3. The second-order valence-electron chi connectivity index (χ2n) is 7.58. The lowest BCUT2D eigenvalue weighted by atomic mass is 10.1. The Kier molecular flexibility index (Phi) is 6.23. The van der Waals surface area contributed by atoms with Crippen LogP contribution in [0.2, 0.25) is 5.02 Å². The number of aryl methyl sites for hydroxylation is 1. The van der Waals surface area contributed by atoms with Gasteiger partial charge in [-0.25, -0.2) is 4.98 Å². The van der Waals surface area contributed by atoms with E-state index in [0.717, 1.165) is 16.6 Å². The van der Waals surface area contributed by atoms with Gasteiger partial charge in [0.2, 0.25) is 5.91 Å². The molecule has 1 unspecified atom stereocenters. The van der Waals surface area contributed by atoms with E-state index in [1.165, 1.54) is 0 Å². The largest absolute Gasteiger partial charge is 0.342 e. The summed E-state index contributed by atoms with van der Waals surface area (Å²) >= 11 is 6.17.